The number of carbonyl (C=O) groups excluding carboxylic acids is 4. The SMILES string of the molecule is CC(=O)NCc1ccc(C(=O)CN2C(=O)NC(C)(c3ccc4ccccc4c3)C2=O)s1. The molecular weight excluding hydrogens is 414 g/mol. The van der Waals surface area contributed by atoms with Crippen molar-refractivity contribution in [1.29, 1.82) is 0 Å². The number of fused-ring (bicyclic) bond motifs is 1. The van der Waals surface area contributed by atoms with E-state index in [0.29, 0.717) is 17.0 Å². The molecule has 1 aliphatic rings. The smallest absolute Gasteiger partial charge is 0.325 e. The van der Waals surface area contributed by atoms with Crippen molar-refractivity contribution in [2.75, 3.05) is 6.54 Å². The summed E-state index contributed by atoms with van der Waals surface area (Å²) in [6, 6.07) is 16.2. The molecule has 4 rings (SSSR count). The van der Waals surface area contributed by atoms with Crippen LogP contribution in [0, 0.1) is 0 Å². The molecule has 7 nitrogen and oxygen atoms in total. The maximum Gasteiger partial charge on any atom is 0.325 e. The van der Waals surface area contributed by atoms with Gasteiger partial charge in [0.1, 0.15) is 5.54 Å². The molecule has 2 aromatic carbocycles. The highest BCUT2D eigenvalue weighted by molar-refractivity contribution is 7.14. The van der Waals surface area contributed by atoms with Crippen molar-refractivity contribution in [1.82, 2.24) is 15.5 Å². The van der Waals surface area contributed by atoms with Gasteiger partial charge in [-0.2, -0.15) is 0 Å². The van der Waals surface area contributed by atoms with Crippen LogP contribution in [0.4, 0.5) is 4.79 Å². The van der Waals surface area contributed by atoms with Crippen LogP contribution in [-0.2, 0) is 21.7 Å². The van der Waals surface area contributed by atoms with Gasteiger partial charge < -0.3 is 10.6 Å². The predicted octanol–water partition coefficient (Wildman–Crippen LogP) is 3.19. The van der Waals surface area contributed by atoms with Gasteiger partial charge in [-0.1, -0.05) is 36.4 Å². The van der Waals surface area contributed by atoms with Crippen LogP contribution in [-0.4, -0.2) is 35.1 Å². The van der Waals surface area contributed by atoms with E-state index in [4.69, 9.17) is 0 Å². The molecule has 2 heterocycles. The minimum Gasteiger partial charge on any atom is -0.351 e. The van der Waals surface area contributed by atoms with Gasteiger partial charge in [0.15, 0.2) is 5.78 Å². The summed E-state index contributed by atoms with van der Waals surface area (Å²) in [6.45, 7) is 3.06. The molecule has 0 bridgehead atoms. The van der Waals surface area contributed by atoms with Crippen LogP contribution >= 0.6 is 11.3 Å². The lowest BCUT2D eigenvalue weighted by Crippen LogP contribution is -2.41. The first-order chi connectivity index (χ1) is 14.8. The fourth-order valence-corrected chi connectivity index (χ4v) is 4.47. The highest BCUT2D eigenvalue weighted by atomic mass is 32.1. The Hall–Kier alpha value is -3.52. The molecule has 0 spiro atoms. The number of carbonyl (C=O) groups is 4. The Morgan fingerprint density at radius 1 is 1.06 bits per heavy atom. The number of nitrogens with one attached hydrogen (secondary N) is 2. The van der Waals surface area contributed by atoms with Gasteiger partial charge in [0.25, 0.3) is 5.91 Å². The number of rotatable bonds is 6. The van der Waals surface area contributed by atoms with Gasteiger partial charge in [0.2, 0.25) is 5.91 Å². The van der Waals surface area contributed by atoms with Crippen LogP contribution in [0.1, 0.15) is 34.0 Å². The van der Waals surface area contributed by atoms with E-state index in [1.165, 1.54) is 18.3 Å². The highest BCUT2D eigenvalue weighted by Crippen LogP contribution is 2.31. The van der Waals surface area contributed by atoms with Crippen LogP contribution < -0.4 is 10.6 Å². The van der Waals surface area contributed by atoms with Crippen LogP contribution in [0.25, 0.3) is 10.8 Å². The van der Waals surface area contributed by atoms with Crippen molar-refractivity contribution >= 4 is 45.7 Å². The Balaban J connectivity index is 1.52. The van der Waals surface area contributed by atoms with Gasteiger partial charge in [-0.15, -0.1) is 11.3 Å². The number of amides is 4. The second-order valence-electron chi connectivity index (χ2n) is 7.61. The second kappa shape index (κ2) is 7.96. The monoisotopic (exact) mass is 435 g/mol. The van der Waals surface area contributed by atoms with Gasteiger partial charge in [-0.25, -0.2) is 4.79 Å². The molecular formula is C23H21N3O4S. The molecule has 8 heteroatoms. The maximum absolute atomic E-state index is 13.2. The topological polar surface area (TPSA) is 95.6 Å². The quantitative estimate of drug-likeness (QED) is 0.459. The molecule has 1 unspecified atom stereocenters. The zero-order valence-corrected chi connectivity index (χ0v) is 17.9. The molecule has 1 aromatic heterocycles. The lowest BCUT2D eigenvalue weighted by atomic mass is 9.90. The fraction of sp³-hybridized carbons (Fsp3) is 0.217. The highest BCUT2D eigenvalue weighted by Gasteiger charge is 2.49. The number of hydrogen-bond donors (Lipinski definition) is 2. The van der Waals surface area contributed by atoms with E-state index in [2.05, 4.69) is 10.6 Å². The number of thiophene rings is 1. The average Bonchev–Trinajstić information content (AvgIpc) is 3.31. The average molecular weight is 436 g/mol. The molecule has 1 aliphatic heterocycles. The Kier molecular flexibility index (Phi) is 5.32. The molecule has 2 N–H and O–H groups in total. The van der Waals surface area contributed by atoms with Crippen LogP contribution in [0.2, 0.25) is 0 Å². The van der Waals surface area contributed by atoms with Crippen molar-refractivity contribution in [3.8, 4) is 0 Å². The zero-order valence-electron chi connectivity index (χ0n) is 17.1. The van der Waals surface area contributed by atoms with Crippen molar-refractivity contribution in [2.45, 2.75) is 25.9 Å². The molecule has 1 fully saturated rings. The molecule has 0 saturated carbocycles. The number of urea groups is 1. The molecule has 3 aromatic rings. The summed E-state index contributed by atoms with van der Waals surface area (Å²) >= 11 is 1.23. The van der Waals surface area contributed by atoms with Gasteiger partial charge >= 0.3 is 6.03 Å². The third-order valence-corrected chi connectivity index (χ3v) is 6.48. The Morgan fingerprint density at radius 2 is 1.81 bits per heavy atom. The van der Waals surface area contributed by atoms with Gasteiger partial charge in [0, 0.05) is 11.8 Å². The zero-order chi connectivity index (χ0) is 22.2. The van der Waals surface area contributed by atoms with Crippen molar-refractivity contribution in [3.63, 3.8) is 0 Å². The summed E-state index contributed by atoms with van der Waals surface area (Å²) in [5.41, 5.74) is -0.582. The van der Waals surface area contributed by atoms with E-state index in [1.807, 2.05) is 42.5 Å². The second-order valence-corrected chi connectivity index (χ2v) is 8.78. The van der Waals surface area contributed by atoms with E-state index < -0.39 is 17.5 Å². The van der Waals surface area contributed by atoms with Crippen LogP contribution in [0.3, 0.4) is 0 Å². The van der Waals surface area contributed by atoms with E-state index in [1.54, 1.807) is 19.1 Å². The third-order valence-electron chi connectivity index (χ3n) is 5.35. The number of benzene rings is 2. The van der Waals surface area contributed by atoms with Crippen molar-refractivity contribution in [2.24, 2.45) is 0 Å². The summed E-state index contributed by atoms with van der Waals surface area (Å²) in [7, 11) is 0. The van der Waals surface area contributed by atoms with Gasteiger partial charge in [-0.05, 0) is 41.5 Å². The number of ketones is 1. The molecule has 31 heavy (non-hydrogen) atoms. The number of Topliss-reactive ketones (excluding diaryl/α,β-unsaturated/α-hetero) is 1. The van der Waals surface area contributed by atoms with Gasteiger partial charge in [0.05, 0.1) is 18.0 Å². The standard InChI is InChI=1S/C23H21N3O4S/c1-14(27)24-12-18-9-10-20(31-18)19(28)13-26-21(29)23(2,25-22(26)30)17-8-7-15-5-3-4-6-16(15)11-17/h3-11H,12-13H2,1-2H3,(H,24,27)(H,25,30). The molecule has 4 amide bonds. The van der Waals surface area contributed by atoms with Gasteiger partial charge in [-0.3, -0.25) is 19.3 Å². The Labute approximate surface area is 183 Å². The lowest BCUT2D eigenvalue weighted by Gasteiger charge is -2.22. The van der Waals surface area contributed by atoms with E-state index in [9.17, 15) is 19.2 Å². The minimum absolute atomic E-state index is 0.159. The third kappa shape index (κ3) is 3.94. The first-order valence-electron chi connectivity index (χ1n) is 9.77. The van der Waals surface area contributed by atoms with Crippen molar-refractivity contribution in [3.05, 3.63) is 69.9 Å². The summed E-state index contributed by atoms with van der Waals surface area (Å²) in [5, 5.41) is 7.42. The largest absolute Gasteiger partial charge is 0.351 e. The predicted molar refractivity (Wildman–Crippen MR) is 118 cm³/mol. The fourth-order valence-electron chi connectivity index (χ4n) is 3.59. The molecule has 158 valence electrons. The summed E-state index contributed by atoms with van der Waals surface area (Å²) in [4.78, 5) is 51.7. The first-order valence-corrected chi connectivity index (χ1v) is 10.6. The van der Waals surface area contributed by atoms with Crippen LogP contribution in [0.5, 0.6) is 0 Å². The molecule has 1 saturated heterocycles. The summed E-state index contributed by atoms with van der Waals surface area (Å²) < 4.78 is 0. The van der Waals surface area contributed by atoms with Crippen molar-refractivity contribution < 1.29 is 19.2 Å². The van der Waals surface area contributed by atoms with Crippen LogP contribution in [0.15, 0.2) is 54.6 Å². The number of nitrogens with zero attached hydrogens (tertiary/aromatic N) is 1. The number of hydrogen-bond acceptors (Lipinski definition) is 5. The summed E-state index contributed by atoms with van der Waals surface area (Å²) in [5.74, 6) is -0.949. The first kappa shape index (κ1) is 20.7. The molecule has 0 aliphatic carbocycles. The van der Waals surface area contributed by atoms with E-state index in [0.717, 1.165) is 20.5 Å². The van der Waals surface area contributed by atoms with E-state index in [-0.39, 0.29) is 18.2 Å². The Bertz CT molecular complexity index is 1220. The summed E-state index contributed by atoms with van der Waals surface area (Å²) in [6.07, 6.45) is 0. The normalized spacial score (nSPS) is 18.3. The number of imide groups is 1. The minimum atomic E-state index is -1.24. The molecule has 0 radical (unpaired) electrons. The maximum atomic E-state index is 13.2. The Morgan fingerprint density at radius 3 is 2.55 bits per heavy atom. The van der Waals surface area contributed by atoms with E-state index >= 15 is 0 Å². The molecule has 1 atom stereocenters. The lowest BCUT2D eigenvalue weighted by molar-refractivity contribution is -0.130.